The van der Waals surface area contributed by atoms with Crippen molar-refractivity contribution in [2.75, 3.05) is 56.2 Å². The quantitative estimate of drug-likeness (QED) is 0.648. The van der Waals surface area contributed by atoms with Gasteiger partial charge < -0.3 is 25.0 Å². The highest BCUT2D eigenvalue weighted by molar-refractivity contribution is 6.17. The monoisotopic (exact) mass is 412 g/mol. The average molecular weight is 412 g/mol. The standard InChI is InChI=1S/C21H24N4O5/c26-11-8-25-19(27)14-17(20(25)28)22-15-3-5-16(6-4-15)24-7-1-2-18(21(24)29)23-9-12-30-13-10-23/h2-6,14,22,26H,1,7-13H2. The fourth-order valence-electron chi connectivity index (χ4n) is 3.76. The van der Waals surface area contributed by atoms with Crippen LogP contribution in [0.5, 0.6) is 0 Å². The Morgan fingerprint density at radius 2 is 1.73 bits per heavy atom. The molecule has 2 N–H and O–H groups in total. The van der Waals surface area contributed by atoms with Crippen LogP contribution in [0.15, 0.2) is 47.8 Å². The molecule has 9 heteroatoms. The van der Waals surface area contributed by atoms with E-state index in [1.165, 1.54) is 6.08 Å². The number of benzene rings is 1. The molecule has 1 aromatic carbocycles. The van der Waals surface area contributed by atoms with Gasteiger partial charge in [0.05, 0.1) is 32.1 Å². The van der Waals surface area contributed by atoms with E-state index < -0.39 is 11.8 Å². The number of hydrogen-bond acceptors (Lipinski definition) is 7. The summed E-state index contributed by atoms with van der Waals surface area (Å²) < 4.78 is 5.37. The van der Waals surface area contributed by atoms with Crippen LogP contribution in [0, 0.1) is 0 Å². The number of β-amino-alcohol motifs (C(OH)–C–C–N with tert-alkyl or cyclic N) is 1. The van der Waals surface area contributed by atoms with E-state index in [0.29, 0.717) is 38.5 Å². The highest BCUT2D eigenvalue weighted by Gasteiger charge is 2.31. The molecule has 0 saturated carbocycles. The predicted molar refractivity (Wildman–Crippen MR) is 109 cm³/mol. The molecule has 3 heterocycles. The third-order valence-corrected chi connectivity index (χ3v) is 5.30. The van der Waals surface area contributed by atoms with E-state index in [1.54, 1.807) is 17.0 Å². The van der Waals surface area contributed by atoms with Crippen molar-refractivity contribution >= 4 is 29.1 Å². The second kappa shape index (κ2) is 8.68. The minimum absolute atomic E-state index is 0.0252. The van der Waals surface area contributed by atoms with E-state index in [1.807, 2.05) is 18.2 Å². The number of imide groups is 1. The van der Waals surface area contributed by atoms with Gasteiger partial charge in [-0.05, 0) is 30.7 Å². The lowest BCUT2D eigenvalue weighted by atomic mass is 10.1. The molecule has 4 rings (SSSR count). The van der Waals surface area contributed by atoms with Crippen molar-refractivity contribution in [3.8, 4) is 0 Å². The van der Waals surface area contributed by atoms with E-state index >= 15 is 0 Å². The number of nitrogens with zero attached hydrogens (tertiary/aromatic N) is 3. The number of anilines is 2. The minimum Gasteiger partial charge on any atom is -0.395 e. The number of ether oxygens (including phenoxy) is 1. The highest BCUT2D eigenvalue weighted by Crippen LogP contribution is 2.26. The number of rotatable bonds is 6. The number of nitrogens with one attached hydrogen (secondary N) is 1. The number of aliphatic hydroxyl groups excluding tert-OH is 1. The third kappa shape index (κ3) is 3.94. The van der Waals surface area contributed by atoms with Crippen molar-refractivity contribution in [2.45, 2.75) is 6.42 Å². The van der Waals surface area contributed by atoms with Gasteiger partial charge in [0.1, 0.15) is 5.70 Å². The van der Waals surface area contributed by atoms with Crippen molar-refractivity contribution in [1.82, 2.24) is 9.80 Å². The second-order valence-electron chi connectivity index (χ2n) is 7.18. The Labute approximate surface area is 174 Å². The largest absolute Gasteiger partial charge is 0.395 e. The fourth-order valence-corrected chi connectivity index (χ4v) is 3.76. The molecule has 3 amide bonds. The van der Waals surface area contributed by atoms with Crippen LogP contribution < -0.4 is 10.2 Å². The van der Waals surface area contributed by atoms with Crippen LogP contribution in [0.2, 0.25) is 0 Å². The summed E-state index contributed by atoms with van der Waals surface area (Å²) in [5, 5.41) is 11.9. The molecule has 30 heavy (non-hydrogen) atoms. The second-order valence-corrected chi connectivity index (χ2v) is 7.18. The summed E-state index contributed by atoms with van der Waals surface area (Å²) in [6, 6.07) is 7.16. The Balaban J connectivity index is 1.43. The molecule has 3 aliphatic heterocycles. The number of hydrogen-bond donors (Lipinski definition) is 2. The zero-order valence-corrected chi connectivity index (χ0v) is 16.5. The number of aliphatic hydroxyl groups is 1. The molecule has 0 atom stereocenters. The van der Waals surface area contributed by atoms with E-state index in [0.717, 1.165) is 22.7 Å². The molecule has 0 radical (unpaired) electrons. The average Bonchev–Trinajstić information content (AvgIpc) is 3.03. The number of amides is 3. The fraction of sp³-hybridized carbons (Fsp3) is 0.381. The van der Waals surface area contributed by atoms with Gasteiger partial charge in [0.25, 0.3) is 17.7 Å². The lowest BCUT2D eigenvalue weighted by molar-refractivity contribution is -0.137. The van der Waals surface area contributed by atoms with Gasteiger partial charge in [0, 0.05) is 37.1 Å². The van der Waals surface area contributed by atoms with Crippen molar-refractivity contribution in [3.05, 3.63) is 47.8 Å². The van der Waals surface area contributed by atoms with E-state index in [4.69, 9.17) is 9.84 Å². The molecule has 1 aromatic rings. The topological polar surface area (TPSA) is 102 Å². The Bertz CT molecular complexity index is 902. The number of carbonyl (C=O) groups excluding carboxylic acids is 3. The zero-order valence-electron chi connectivity index (χ0n) is 16.5. The van der Waals surface area contributed by atoms with Crippen LogP contribution in [-0.2, 0) is 19.1 Å². The van der Waals surface area contributed by atoms with E-state index in [9.17, 15) is 14.4 Å². The molecule has 158 valence electrons. The summed E-state index contributed by atoms with van der Waals surface area (Å²) in [5.74, 6) is -0.943. The molecule has 0 aromatic heterocycles. The smallest absolute Gasteiger partial charge is 0.277 e. The Morgan fingerprint density at radius 3 is 2.43 bits per heavy atom. The maximum Gasteiger partial charge on any atom is 0.277 e. The molecule has 0 unspecified atom stereocenters. The van der Waals surface area contributed by atoms with E-state index in [2.05, 4.69) is 10.2 Å². The van der Waals surface area contributed by atoms with Crippen LogP contribution in [0.4, 0.5) is 11.4 Å². The first-order valence-electron chi connectivity index (χ1n) is 9.98. The zero-order chi connectivity index (χ0) is 21.1. The summed E-state index contributed by atoms with van der Waals surface area (Å²) in [6.07, 6.45) is 4.00. The molecule has 9 nitrogen and oxygen atoms in total. The summed E-state index contributed by atoms with van der Waals surface area (Å²) in [4.78, 5) is 41.9. The normalized spacial score (nSPS) is 19.9. The van der Waals surface area contributed by atoms with Crippen LogP contribution in [-0.4, -0.2) is 78.6 Å². The molecule has 0 spiro atoms. The SMILES string of the molecule is O=C1C=C(Nc2ccc(N3CCC=C(N4CCOCC4)C3=O)cc2)C(=O)N1CCO. The van der Waals surface area contributed by atoms with Gasteiger partial charge in [0.15, 0.2) is 0 Å². The summed E-state index contributed by atoms with van der Waals surface area (Å²) >= 11 is 0. The molecule has 3 aliphatic rings. The van der Waals surface area contributed by atoms with Gasteiger partial charge in [-0.1, -0.05) is 6.08 Å². The molecule has 1 fully saturated rings. The number of carbonyl (C=O) groups is 3. The van der Waals surface area contributed by atoms with Crippen LogP contribution in [0.1, 0.15) is 6.42 Å². The Kier molecular flexibility index (Phi) is 5.82. The lowest BCUT2D eigenvalue weighted by Gasteiger charge is -2.35. The van der Waals surface area contributed by atoms with Gasteiger partial charge in [-0.25, -0.2) is 0 Å². The van der Waals surface area contributed by atoms with Gasteiger partial charge in [0.2, 0.25) is 0 Å². The van der Waals surface area contributed by atoms with Gasteiger partial charge in [-0.15, -0.1) is 0 Å². The van der Waals surface area contributed by atoms with Crippen molar-refractivity contribution in [2.24, 2.45) is 0 Å². The van der Waals surface area contributed by atoms with Crippen LogP contribution in [0.25, 0.3) is 0 Å². The Morgan fingerprint density at radius 1 is 1.00 bits per heavy atom. The van der Waals surface area contributed by atoms with Crippen molar-refractivity contribution < 1.29 is 24.2 Å². The van der Waals surface area contributed by atoms with Crippen molar-refractivity contribution in [3.63, 3.8) is 0 Å². The van der Waals surface area contributed by atoms with Gasteiger partial charge >= 0.3 is 0 Å². The third-order valence-electron chi connectivity index (χ3n) is 5.30. The molecule has 1 saturated heterocycles. The minimum atomic E-state index is -0.468. The first-order chi connectivity index (χ1) is 14.6. The summed E-state index contributed by atoms with van der Waals surface area (Å²) in [5.41, 5.74) is 2.28. The first kappa shape index (κ1) is 20.1. The molecule has 0 aliphatic carbocycles. The lowest BCUT2D eigenvalue weighted by Crippen LogP contribution is -2.45. The number of morpholine rings is 1. The van der Waals surface area contributed by atoms with Gasteiger partial charge in [-0.3, -0.25) is 19.3 Å². The summed E-state index contributed by atoms with van der Waals surface area (Å²) in [6.45, 7) is 2.96. The highest BCUT2D eigenvalue weighted by atomic mass is 16.5. The van der Waals surface area contributed by atoms with Crippen molar-refractivity contribution in [1.29, 1.82) is 0 Å². The van der Waals surface area contributed by atoms with Crippen LogP contribution in [0.3, 0.4) is 0 Å². The van der Waals surface area contributed by atoms with E-state index in [-0.39, 0.29) is 24.8 Å². The first-order valence-corrected chi connectivity index (χ1v) is 9.98. The maximum atomic E-state index is 13.0. The molecule has 0 bridgehead atoms. The Hall–Kier alpha value is -3.17. The predicted octanol–water partition coefficient (Wildman–Crippen LogP) is 0.296. The maximum absolute atomic E-state index is 13.0. The molecular weight excluding hydrogens is 388 g/mol. The molecular formula is C21H24N4O5. The van der Waals surface area contributed by atoms with Gasteiger partial charge in [-0.2, -0.15) is 0 Å². The van der Waals surface area contributed by atoms with Crippen LogP contribution >= 0.6 is 0 Å². The summed E-state index contributed by atoms with van der Waals surface area (Å²) in [7, 11) is 0.